The molecule has 0 fully saturated rings. The van der Waals surface area contributed by atoms with Crippen molar-refractivity contribution < 1.29 is 0 Å². The molecule has 0 aliphatic carbocycles. The Balaban J connectivity index is 1.86. The van der Waals surface area contributed by atoms with Crippen LogP contribution >= 0.6 is 11.8 Å². The SMILES string of the molecule is CCCc1cc(CCC)n2nc(SCc3ccccc3)nc2n1. The predicted octanol–water partition coefficient (Wildman–Crippen LogP) is 4.32. The molecule has 4 nitrogen and oxygen atoms in total. The summed E-state index contributed by atoms with van der Waals surface area (Å²) in [7, 11) is 0. The summed E-state index contributed by atoms with van der Waals surface area (Å²) >= 11 is 1.66. The Morgan fingerprint density at radius 2 is 1.78 bits per heavy atom. The van der Waals surface area contributed by atoms with Crippen LogP contribution in [0.15, 0.2) is 41.6 Å². The highest BCUT2D eigenvalue weighted by atomic mass is 32.2. The van der Waals surface area contributed by atoms with E-state index in [1.54, 1.807) is 11.8 Å². The van der Waals surface area contributed by atoms with Crippen molar-refractivity contribution in [1.29, 1.82) is 0 Å². The van der Waals surface area contributed by atoms with Gasteiger partial charge in [0.2, 0.25) is 5.16 Å². The third-order valence-electron chi connectivity index (χ3n) is 3.64. The molecule has 1 aromatic carbocycles. The van der Waals surface area contributed by atoms with Crippen molar-refractivity contribution in [2.24, 2.45) is 0 Å². The van der Waals surface area contributed by atoms with Crippen LogP contribution in [0.25, 0.3) is 5.78 Å². The average molecular weight is 326 g/mol. The fourth-order valence-corrected chi connectivity index (χ4v) is 3.34. The van der Waals surface area contributed by atoms with Gasteiger partial charge in [0.25, 0.3) is 5.78 Å². The van der Waals surface area contributed by atoms with E-state index in [1.165, 1.54) is 11.3 Å². The third kappa shape index (κ3) is 3.91. The Bertz CT molecular complexity index is 767. The molecule has 0 radical (unpaired) electrons. The quantitative estimate of drug-likeness (QED) is 0.606. The molecule has 3 rings (SSSR count). The highest BCUT2D eigenvalue weighted by molar-refractivity contribution is 7.98. The lowest BCUT2D eigenvalue weighted by atomic mass is 10.2. The Morgan fingerprint density at radius 3 is 2.52 bits per heavy atom. The third-order valence-corrected chi connectivity index (χ3v) is 4.55. The zero-order valence-electron chi connectivity index (χ0n) is 13.7. The minimum absolute atomic E-state index is 0.731. The van der Waals surface area contributed by atoms with Crippen molar-refractivity contribution in [3.05, 3.63) is 53.3 Å². The highest BCUT2D eigenvalue weighted by Gasteiger charge is 2.11. The van der Waals surface area contributed by atoms with E-state index in [9.17, 15) is 0 Å². The standard InChI is InChI=1S/C18H22N4S/c1-3-8-15-12-16(9-4-2)22-17(19-15)20-18(21-22)23-13-14-10-6-5-7-11-14/h5-7,10-12H,3-4,8-9,13H2,1-2H3. The molecule has 0 aliphatic heterocycles. The van der Waals surface area contributed by atoms with Gasteiger partial charge in [0.1, 0.15) is 0 Å². The van der Waals surface area contributed by atoms with Gasteiger partial charge in [-0.25, -0.2) is 9.50 Å². The number of hydrogen-bond acceptors (Lipinski definition) is 4. The number of thioether (sulfide) groups is 1. The fourth-order valence-electron chi connectivity index (χ4n) is 2.57. The lowest BCUT2D eigenvalue weighted by molar-refractivity contribution is 0.762. The van der Waals surface area contributed by atoms with Crippen LogP contribution in [0.2, 0.25) is 0 Å². The lowest BCUT2D eigenvalue weighted by Gasteiger charge is -2.05. The van der Waals surface area contributed by atoms with Crippen molar-refractivity contribution in [1.82, 2.24) is 19.6 Å². The second-order valence-corrected chi connectivity index (χ2v) is 6.56. The Labute approximate surface area is 141 Å². The zero-order valence-corrected chi connectivity index (χ0v) is 14.5. The van der Waals surface area contributed by atoms with Crippen molar-refractivity contribution in [2.75, 3.05) is 0 Å². The van der Waals surface area contributed by atoms with Gasteiger partial charge >= 0.3 is 0 Å². The summed E-state index contributed by atoms with van der Waals surface area (Å²) in [6, 6.07) is 12.6. The summed E-state index contributed by atoms with van der Waals surface area (Å²) in [4.78, 5) is 9.28. The number of fused-ring (bicyclic) bond motifs is 1. The molecular weight excluding hydrogens is 304 g/mol. The van der Waals surface area contributed by atoms with Crippen LogP contribution in [0.4, 0.5) is 0 Å². The molecule has 3 aromatic rings. The van der Waals surface area contributed by atoms with E-state index in [4.69, 9.17) is 0 Å². The molecule has 0 saturated carbocycles. The number of benzene rings is 1. The van der Waals surface area contributed by atoms with E-state index in [1.807, 2.05) is 10.6 Å². The first-order chi connectivity index (χ1) is 11.3. The van der Waals surface area contributed by atoms with E-state index >= 15 is 0 Å². The van der Waals surface area contributed by atoms with Gasteiger partial charge in [-0.15, -0.1) is 5.10 Å². The number of aromatic nitrogens is 4. The van der Waals surface area contributed by atoms with Crippen LogP contribution in [-0.4, -0.2) is 19.6 Å². The van der Waals surface area contributed by atoms with E-state index < -0.39 is 0 Å². The minimum Gasteiger partial charge on any atom is -0.216 e. The summed E-state index contributed by atoms with van der Waals surface area (Å²) in [6.07, 6.45) is 4.18. The monoisotopic (exact) mass is 326 g/mol. The fraction of sp³-hybridized carbons (Fsp3) is 0.389. The minimum atomic E-state index is 0.731. The van der Waals surface area contributed by atoms with Crippen molar-refractivity contribution in [2.45, 2.75) is 50.4 Å². The van der Waals surface area contributed by atoms with Crippen LogP contribution in [-0.2, 0) is 18.6 Å². The van der Waals surface area contributed by atoms with E-state index in [0.29, 0.717) is 0 Å². The molecule has 0 bridgehead atoms. The largest absolute Gasteiger partial charge is 0.253 e. The zero-order chi connectivity index (χ0) is 16.1. The van der Waals surface area contributed by atoms with Crippen LogP contribution in [0.1, 0.15) is 43.6 Å². The van der Waals surface area contributed by atoms with Gasteiger partial charge in [-0.1, -0.05) is 68.8 Å². The number of hydrogen-bond donors (Lipinski definition) is 0. The number of rotatable bonds is 7. The molecule has 0 amide bonds. The Kier molecular flexibility index (Phi) is 5.28. The molecule has 120 valence electrons. The highest BCUT2D eigenvalue weighted by Crippen LogP contribution is 2.21. The molecule has 2 aromatic heterocycles. The van der Waals surface area contributed by atoms with E-state index in [0.717, 1.165) is 48.1 Å². The van der Waals surface area contributed by atoms with Crippen molar-refractivity contribution in [3.63, 3.8) is 0 Å². The van der Waals surface area contributed by atoms with Gasteiger partial charge in [0.05, 0.1) is 0 Å². The molecule has 0 N–H and O–H groups in total. The molecule has 0 atom stereocenters. The predicted molar refractivity (Wildman–Crippen MR) is 94.8 cm³/mol. The normalized spacial score (nSPS) is 11.2. The van der Waals surface area contributed by atoms with Gasteiger partial charge in [-0.3, -0.25) is 0 Å². The molecule has 0 aliphatic rings. The summed E-state index contributed by atoms with van der Waals surface area (Å²) in [6.45, 7) is 4.37. The smallest absolute Gasteiger partial charge is 0.216 e. The topological polar surface area (TPSA) is 43.1 Å². The first kappa shape index (κ1) is 16.0. The summed E-state index contributed by atoms with van der Waals surface area (Å²) in [5.74, 6) is 1.61. The average Bonchev–Trinajstić information content (AvgIpc) is 2.98. The van der Waals surface area contributed by atoms with Crippen LogP contribution in [0.3, 0.4) is 0 Å². The maximum atomic E-state index is 4.66. The van der Waals surface area contributed by atoms with Gasteiger partial charge in [0, 0.05) is 17.1 Å². The van der Waals surface area contributed by atoms with Crippen LogP contribution in [0, 0.1) is 0 Å². The molecular formula is C18H22N4S. The molecule has 23 heavy (non-hydrogen) atoms. The van der Waals surface area contributed by atoms with Gasteiger partial charge in [0.15, 0.2) is 0 Å². The summed E-state index contributed by atoms with van der Waals surface area (Å²) in [5, 5.41) is 5.45. The first-order valence-corrected chi connectivity index (χ1v) is 9.21. The molecule has 5 heteroatoms. The number of aryl methyl sites for hydroxylation is 2. The maximum absolute atomic E-state index is 4.66. The van der Waals surface area contributed by atoms with Crippen LogP contribution < -0.4 is 0 Å². The van der Waals surface area contributed by atoms with Crippen molar-refractivity contribution in [3.8, 4) is 0 Å². The molecule has 0 saturated heterocycles. The molecule has 2 heterocycles. The summed E-state index contributed by atoms with van der Waals surface area (Å²) < 4.78 is 1.91. The van der Waals surface area contributed by atoms with Gasteiger partial charge in [-0.05, 0) is 24.5 Å². The van der Waals surface area contributed by atoms with E-state index in [2.05, 4.69) is 59.2 Å². The molecule has 0 spiro atoms. The second-order valence-electron chi connectivity index (χ2n) is 5.62. The summed E-state index contributed by atoms with van der Waals surface area (Å²) in [5.41, 5.74) is 3.61. The Morgan fingerprint density at radius 1 is 1.00 bits per heavy atom. The second kappa shape index (κ2) is 7.59. The lowest BCUT2D eigenvalue weighted by Crippen LogP contribution is -2.03. The van der Waals surface area contributed by atoms with Crippen LogP contribution in [0.5, 0.6) is 0 Å². The van der Waals surface area contributed by atoms with Gasteiger partial charge in [-0.2, -0.15) is 4.98 Å². The van der Waals surface area contributed by atoms with Gasteiger partial charge < -0.3 is 0 Å². The van der Waals surface area contributed by atoms with E-state index in [-0.39, 0.29) is 0 Å². The first-order valence-electron chi connectivity index (χ1n) is 8.22. The number of nitrogens with zero attached hydrogens (tertiary/aromatic N) is 4. The molecule has 0 unspecified atom stereocenters. The Hall–Kier alpha value is -1.88. The van der Waals surface area contributed by atoms with Crippen molar-refractivity contribution >= 4 is 17.5 Å². The maximum Gasteiger partial charge on any atom is 0.253 e.